The second-order valence-corrected chi connectivity index (χ2v) is 0.954. The van der Waals surface area contributed by atoms with Crippen molar-refractivity contribution in [3.8, 4) is 0 Å². The maximum Gasteiger partial charge on any atom is 3.00 e. The normalized spacial score (nSPS) is 6.43. The van der Waals surface area contributed by atoms with Gasteiger partial charge < -0.3 is 17.0 Å². The molecule has 0 aromatic carbocycles. The average molecular weight is 175 g/mol. The van der Waals surface area contributed by atoms with Crippen LogP contribution in [0.2, 0.25) is 0 Å². The number of carbonyl (C=O) groups is 1. The van der Waals surface area contributed by atoms with Gasteiger partial charge >= 0.3 is 32.7 Å². The molecule has 0 fully saturated rings. The third-order valence-electron chi connectivity index (χ3n) is 0.374. The maximum atomic E-state index is 9.82. The van der Waals surface area contributed by atoms with Crippen LogP contribution >= 0.6 is 0 Å². The van der Waals surface area contributed by atoms with E-state index in [-0.39, 0.29) is 38.6 Å². The minimum Gasteiger partial charge on any atom is -0.381 e. The average Bonchev–Trinajstić information content (AvgIpc) is 1.35. The predicted molar refractivity (Wildman–Crippen MR) is 24.0 cm³/mol. The van der Waals surface area contributed by atoms with Crippen LogP contribution in [0.4, 0.5) is 0 Å². The molecule has 0 saturated carbocycles. The topological polar surface area (TPSA) is 29.1 Å². The second-order valence-electron chi connectivity index (χ2n) is 0.954. The zero-order chi connectivity index (χ0) is 4.99. The molecule has 1 amide bonds. The minimum absolute atomic E-state index is 0. The van der Waals surface area contributed by atoms with E-state index in [0.717, 1.165) is 0 Å². The number of hydrogen-bond acceptors (Lipinski definition) is 1. The molecule has 36 valence electrons. The van der Waals surface area contributed by atoms with Gasteiger partial charge in [-0.15, -0.1) is 0 Å². The first-order valence-corrected chi connectivity index (χ1v) is 1.87. The fourth-order valence-electron chi connectivity index (χ4n) is 0.197. The molecule has 2 nitrogen and oxygen atoms in total. The van der Waals surface area contributed by atoms with E-state index in [4.69, 9.17) is 0 Å². The predicted octanol–water partition coefficient (Wildman–Crippen LogP) is -0.0459. The first kappa shape index (κ1) is 10.4. The molecule has 1 N–H and O–H groups in total. The molecular weight excluding hydrogens is 167 g/mol. The molecule has 0 aliphatic heterocycles. The van der Waals surface area contributed by atoms with Gasteiger partial charge in [-0.2, -0.15) is 0 Å². The molecule has 7 heavy (non-hydrogen) atoms. The minimum atomic E-state index is -0.211. The molecule has 0 bridgehead atoms. The van der Waals surface area contributed by atoms with E-state index >= 15 is 0 Å². The van der Waals surface area contributed by atoms with Crippen molar-refractivity contribution in [1.82, 2.24) is 5.32 Å². The standard InChI is InChI=1S/C4H8NO.Y/c1-3-5-4(2)6;/h2-3H2,1H3,(H,5,6);/q-1;+3. The molecule has 0 aromatic rings. The van der Waals surface area contributed by atoms with E-state index in [0.29, 0.717) is 6.54 Å². The van der Waals surface area contributed by atoms with Crippen molar-refractivity contribution in [2.75, 3.05) is 6.54 Å². The van der Waals surface area contributed by atoms with Crippen LogP contribution in [-0.2, 0) is 37.5 Å². The van der Waals surface area contributed by atoms with Crippen molar-refractivity contribution in [2.45, 2.75) is 6.92 Å². The van der Waals surface area contributed by atoms with Crippen molar-refractivity contribution in [3.05, 3.63) is 6.92 Å². The van der Waals surface area contributed by atoms with Crippen LogP contribution in [0.25, 0.3) is 0 Å². The van der Waals surface area contributed by atoms with Crippen LogP contribution in [-0.4, -0.2) is 12.5 Å². The Hall–Kier alpha value is 0.444. The van der Waals surface area contributed by atoms with Crippen molar-refractivity contribution in [3.63, 3.8) is 0 Å². The number of amides is 1. The molecular formula is C4H8NOY+2. The molecule has 0 unspecified atom stereocenters. The Bertz CT molecular complexity index is 55.7. The van der Waals surface area contributed by atoms with Crippen LogP contribution in [0.5, 0.6) is 0 Å². The monoisotopic (exact) mass is 175 g/mol. The zero-order valence-electron chi connectivity index (χ0n) is 4.40. The van der Waals surface area contributed by atoms with Crippen LogP contribution in [0.15, 0.2) is 0 Å². The first-order chi connectivity index (χ1) is 2.77. The Balaban J connectivity index is 0. The molecule has 0 spiro atoms. The van der Waals surface area contributed by atoms with Crippen molar-refractivity contribution in [2.24, 2.45) is 0 Å². The molecule has 0 radical (unpaired) electrons. The summed E-state index contributed by atoms with van der Waals surface area (Å²) >= 11 is 0. The van der Waals surface area contributed by atoms with Crippen LogP contribution in [0, 0.1) is 6.92 Å². The summed E-state index contributed by atoms with van der Waals surface area (Å²) < 4.78 is 0. The van der Waals surface area contributed by atoms with Gasteiger partial charge in [0.05, 0.1) is 5.91 Å². The smallest absolute Gasteiger partial charge is 0.381 e. The van der Waals surface area contributed by atoms with E-state index < -0.39 is 0 Å². The fourth-order valence-corrected chi connectivity index (χ4v) is 0.197. The summed E-state index contributed by atoms with van der Waals surface area (Å²) in [7, 11) is 0. The van der Waals surface area contributed by atoms with E-state index in [2.05, 4.69) is 12.2 Å². The summed E-state index contributed by atoms with van der Waals surface area (Å²) in [5, 5.41) is 2.46. The maximum absolute atomic E-state index is 9.82. The Morgan fingerprint density at radius 2 is 2.29 bits per heavy atom. The van der Waals surface area contributed by atoms with Crippen LogP contribution in [0.3, 0.4) is 0 Å². The molecule has 0 aliphatic carbocycles. The SMILES string of the molecule is [CH2-]C(=O)NCC.[Y+3]. The van der Waals surface area contributed by atoms with E-state index in [1.54, 1.807) is 0 Å². The third-order valence-corrected chi connectivity index (χ3v) is 0.374. The summed E-state index contributed by atoms with van der Waals surface area (Å²) in [4.78, 5) is 9.82. The van der Waals surface area contributed by atoms with Gasteiger partial charge in [0.1, 0.15) is 0 Å². The van der Waals surface area contributed by atoms with E-state index in [1.807, 2.05) is 6.92 Å². The molecule has 0 aliphatic rings. The molecule has 0 aromatic heterocycles. The molecule has 0 heterocycles. The van der Waals surface area contributed by atoms with Gasteiger partial charge in [-0.3, -0.25) is 0 Å². The number of rotatable bonds is 1. The van der Waals surface area contributed by atoms with Gasteiger partial charge in [0.2, 0.25) is 0 Å². The summed E-state index contributed by atoms with van der Waals surface area (Å²) in [5.41, 5.74) is 0. The third kappa shape index (κ3) is 10.7. The van der Waals surface area contributed by atoms with Crippen LogP contribution in [0.1, 0.15) is 6.92 Å². The summed E-state index contributed by atoms with van der Waals surface area (Å²) in [6.45, 7) is 5.60. The Morgan fingerprint density at radius 1 is 1.86 bits per heavy atom. The summed E-state index contributed by atoms with van der Waals surface area (Å²) in [6.07, 6.45) is 0. The Morgan fingerprint density at radius 3 is 2.29 bits per heavy atom. The largest absolute Gasteiger partial charge is 3.00 e. The summed E-state index contributed by atoms with van der Waals surface area (Å²) in [5.74, 6) is -0.211. The van der Waals surface area contributed by atoms with Crippen molar-refractivity contribution in [1.29, 1.82) is 0 Å². The Kier molecular flexibility index (Phi) is 9.60. The first-order valence-electron chi connectivity index (χ1n) is 1.87. The Labute approximate surface area is 68.9 Å². The molecule has 0 rings (SSSR count). The van der Waals surface area contributed by atoms with Gasteiger partial charge in [0, 0.05) is 6.54 Å². The number of hydrogen-bond donors (Lipinski definition) is 1. The van der Waals surface area contributed by atoms with Crippen LogP contribution < -0.4 is 5.32 Å². The van der Waals surface area contributed by atoms with Gasteiger partial charge in [-0.25, -0.2) is 0 Å². The molecule has 3 heteroatoms. The second kappa shape index (κ2) is 6.44. The summed E-state index contributed by atoms with van der Waals surface area (Å²) in [6, 6.07) is 0. The van der Waals surface area contributed by atoms with Gasteiger partial charge in [0.15, 0.2) is 0 Å². The molecule has 0 saturated heterocycles. The van der Waals surface area contributed by atoms with Gasteiger partial charge in [0.25, 0.3) is 0 Å². The van der Waals surface area contributed by atoms with E-state index in [9.17, 15) is 4.79 Å². The van der Waals surface area contributed by atoms with Crippen molar-refractivity contribution < 1.29 is 37.5 Å². The van der Waals surface area contributed by atoms with Gasteiger partial charge in [-0.05, 0) is 6.92 Å². The van der Waals surface area contributed by atoms with Gasteiger partial charge in [-0.1, -0.05) is 0 Å². The molecule has 0 atom stereocenters. The quantitative estimate of drug-likeness (QED) is 0.556. The van der Waals surface area contributed by atoms with Crippen molar-refractivity contribution >= 4 is 5.91 Å². The fraction of sp³-hybridized carbons (Fsp3) is 0.500. The number of nitrogens with one attached hydrogen (secondary N) is 1. The van der Waals surface area contributed by atoms with E-state index in [1.165, 1.54) is 0 Å². The zero-order valence-corrected chi connectivity index (χ0v) is 7.24. The number of carbonyl (C=O) groups excluding carboxylic acids is 1.